The smallest absolute Gasteiger partial charge is 0.318 e. The normalized spacial score (nSPS) is 10.9. The molecule has 0 aliphatic heterocycles. The molecular weight excluding hydrogens is 194 g/mol. The van der Waals surface area contributed by atoms with Crippen molar-refractivity contribution in [3.05, 3.63) is 0 Å². The van der Waals surface area contributed by atoms with Crippen molar-refractivity contribution in [2.24, 2.45) is 22.4 Å². The van der Waals surface area contributed by atoms with Gasteiger partial charge in [-0.05, 0) is 0 Å². The van der Waals surface area contributed by atoms with Crippen molar-refractivity contribution in [3.8, 4) is 0 Å². The maximum Gasteiger partial charge on any atom is 0.318 e. The zero-order valence-corrected chi connectivity index (χ0v) is 7.63. The summed E-state index contributed by atoms with van der Waals surface area (Å²) in [6.07, 6.45) is 0.129. The van der Waals surface area contributed by atoms with Crippen LogP contribution in [0, 0.1) is 0 Å². The first-order valence-electron chi connectivity index (χ1n) is 3.31. The van der Waals surface area contributed by atoms with E-state index in [1.54, 1.807) is 0 Å². The van der Waals surface area contributed by atoms with Crippen molar-refractivity contribution in [1.29, 1.82) is 0 Å². The quantitative estimate of drug-likeness (QED) is 0.192. The molecule has 0 saturated heterocycles. The Labute approximate surface area is 79.1 Å². The second kappa shape index (κ2) is 6.12. The molecule has 13 heavy (non-hydrogen) atoms. The van der Waals surface area contributed by atoms with E-state index in [2.05, 4.69) is 5.10 Å². The summed E-state index contributed by atoms with van der Waals surface area (Å²) in [6, 6.07) is -0.865. The Balaban J connectivity index is 3.54. The van der Waals surface area contributed by atoms with Gasteiger partial charge in [-0.15, -0.1) is 0 Å². The van der Waals surface area contributed by atoms with Crippen LogP contribution in [0.25, 0.3) is 0 Å². The lowest BCUT2D eigenvalue weighted by Gasteiger charge is -1.99. The summed E-state index contributed by atoms with van der Waals surface area (Å²) >= 11 is 1.12. The molecule has 0 radical (unpaired) electrons. The van der Waals surface area contributed by atoms with Crippen molar-refractivity contribution in [2.45, 2.75) is 6.42 Å². The fourth-order valence-corrected chi connectivity index (χ4v) is 1.06. The molecule has 0 aliphatic carbocycles. The molecule has 0 rings (SSSR count). The summed E-state index contributed by atoms with van der Waals surface area (Å²) in [7, 11) is 0. The zero-order chi connectivity index (χ0) is 10.3. The molecule has 0 unspecified atom stereocenters. The van der Waals surface area contributed by atoms with Crippen molar-refractivity contribution >= 4 is 28.9 Å². The Bertz CT molecular complexity index is 229. The third-order valence-corrected chi connectivity index (χ3v) is 1.78. The van der Waals surface area contributed by atoms with Crippen LogP contribution >= 0.6 is 11.8 Å². The number of nitrogens with two attached hydrogens (primary N) is 3. The largest absolute Gasteiger partial charge is 0.377 e. The van der Waals surface area contributed by atoms with Gasteiger partial charge in [0.15, 0.2) is 5.17 Å². The van der Waals surface area contributed by atoms with Crippen molar-refractivity contribution in [3.63, 3.8) is 0 Å². The van der Waals surface area contributed by atoms with Crippen LogP contribution in [0.15, 0.2) is 5.10 Å². The second-order valence-electron chi connectivity index (χ2n) is 1.98. The molecule has 8 heteroatoms. The zero-order valence-electron chi connectivity index (χ0n) is 6.82. The average molecular weight is 205 g/mol. The average Bonchev–Trinajstić information content (AvgIpc) is 2.02. The highest BCUT2D eigenvalue weighted by Gasteiger charge is 2.04. The highest BCUT2D eigenvalue weighted by Crippen LogP contribution is 2.00. The molecule has 0 heterocycles. The number of carbonyl (C=O) groups excluding carboxylic acids is 2. The molecule has 0 aromatic rings. The third-order valence-electron chi connectivity index (χ3n) is 0.969. The Morgan fingerprint density at radius 3 is 2.46 bits per heavy atom. The van der Waals surface area contributed by atoms with E-state index in [4.69, 9.17) is 17.3 Å². The molecule has 0 atom stereocenters. The Kier molecular flexibility index (Phi) is 5.44. The fourth-order valence-electron chi connectivity index (χ4n) is 0.485. The van der Waals surface area contributed by atoms with Crippen LogP contribution < -0.4 is 22.6 Å². The van der Waals surface area contributed by atoms with E-state index in [0.717, 1.165) is 11.8 Å². The molecule has 0 fully saturated rings. The number of hydrogen-bond acceptors (Lipinski definition) is 5. The molecule has 7 nitrogen and oxygen atoms in total. The van der Waals surface area contributed by atoms with Gasteiger partial charge in [-0.25, -0.2) is 4.79 Å². The first kappa shape index (κ1) is 11.6. The molecular formula is C5H11N5O2S. The molecule has 0 bridgehead atoms. The standard InChI is InChI=1S/C5H11N5O2S/c6-4(12)9-3(11)1-2-13-5(7)10-8/h1-2,8H2,(H2,7,10)(H3,6,9,11,12). The summed E-state index contributed by atoms with van der Waals surface area (Å²) in [6.45, 7) is 0. The first-order valence-corrected chi connectivity index (χ1v) is 4.30. The number of amides is 3. The molecule has 0 spiro atoms. The predicted octanol–water partition coefficient (Wildman–Crippen LogP) is -1.51. The van der Waals surface area contributed by atoms with Gasteiger partial charge in [0.1, 0.15) is 0 Å². The van der Waals surface area contributed by atoms with Gasteiger partial charge in [0.2, 0.25) is 5.91 Å². The van der Waals surface area contributed by atoms with E-state index < -0.39 is 11.9 Å². The summed E-state index contributed by atoms with van der Waals surface area (Å²) in [5.74, 6) is 4.78. The Hall–Kier alpha value is -1.44. The van der Waals surface area contributed by atoms with Crippen molar-refractivity contribution in [1.82, 2.24) is 5.32 Å². The summed E-state index contributed by atoms with van der Waals surface area (Å²) in [4.78, 5) is 21.0. The third kappa shape index (κ3) is 6.94. The van der Waals surface area contributed by atoms with Crippen LogP contribution in [0.2, 0.25) is 0 Å². The minimum atomic E-state index is -0.865. The van der Waals surface area contributed by atoms with Gasteiger partial charge in [-0.1, -0.05) is 11.8 Å². The van der Waals surface area contributed by atoms with Gasteiger partial charge in [-0.2, -0.15) is 5.10 Å². The Morgan fingerprint density at radius 1 is 1.38 bits per heavy atom. The molecule has 0 aliphatic rings. The van der Waals surface area contributed by atoms with Gasteiger partial charge in [0, 0.05) is 12.2 Å². The topological polar surface area (TPSA) is 137 Å². The van der Waals surface area contributed by atoms with E-state index in [0.29, 0.717) is 5.75 Å². The lowest BCUT2D eigenvalue weighted by atomic mass is 10.4. The maximum atomic E-state index is 10.8. The monoisotopic (exact) mass is 205 g/mol. The Morgan fingerprint density at radius 2 is 2.00 bits per heavy atom. The molecule has 7 N–H and O–H groups in total. The first-order chi connectivity index (χ1) is 6.06. The number of hydrogen-bond donors (Lipinski definition) is 4. The number of thioether (sulfide) groups is 1. The van der Waals surface area contributed by atoms with Crippen molar-refractivity contribution < 1.29 is 9.59 Å². The second-order valence-corrected chi connectivity index (χ2v) is 3.09. The highest BCUT2D eigenvalue weighted by molar-refractivity contribution is 8.13. The van der Waals surface area contributed by atoms with E-state index in [9.17, 15) is 9.59 Å². The number of primary amides is 1. The minimum Gasteiger partial charge on any atom is -0.377 e. The number of carbonyl (C=O) groups is 2. The van der Waals surface area contributed by atoms with Crippen LogP contribution in [0.3, 0.4) is 0 Å². The van der Waals surface area contributed by atoms with Crippen LogP contribution in [-0.4, -0.2) is 22.9 Å². The molecule has 0 aromatic heterocycles. The van der Waals surface area contributed by atoms with Crippen LogP contribution in [0.5, 0.6) is 0 Å². The number of rotatable bonds is 3. The fraction of sp³-hybridized carbons (Fsp3) is 0.400. The molecule has 3 amide bonds. The van der Waals surface area contributed by atoms with Crippen molar-refractivity contribution in [2.75, 3.05) is 5.75 Å². The van der Waals surface area contributed by atoms with Gasteiger partial charge in [-0.3, -0.25) is 10.1 Å². The minimum absolute atomic E-state index is 0.129. The van der Waals surface area contributed by atoms with E-state index in [-0.39, 0.29) is 11.6 Å². The van der Waals surface area contributed by atoms with Crippen LogP contribution in [0.1, 0.15) is 6.42 Å². The number of hydrazone groups is 1. The molecule has 74 valence electrons. The number of imide groups is 1. The number of amidine groups is 1. The van der Waals surface area contributed by atoms with E-state index >= 15 is 0 Å². The van der Waals surface area contributed by atoms with Gasteiger partial charge >= 0.3 is 6.03 Å². The number of urea groups is 1. The van der Waals surface area contributed by atoms with Gasteiger partial charge < -0.3 is 17.3 Å². The lowest BCUT2D eigenvalue weighted by Crippen LogP contribution is -2.35. The van der Waals surface area contributed by atoms with Gasteiger partial charge in [0.25, 0.3) is 0 Å². The number of nitrogens with zero attached hydrogens (tertiary/aromatic N) is 1. The summed E-state index contributed by atoms with van der Waals surface area (Å²) < 4.78 is 0. The molecule has 0 aromatic carbocycles. The lowest BCUT2D eigenvalue weighted by molar-refractivity contribution is -0.119. The highest BCUT2D eigenvalue weighted by atomic mass is 32.2. The molecule has 0 saturated carbocycles. The SMILES string of the molecule is NN=C(N)SCCC(=O)NC(N)=O. The van der Waals surface area contributed by atoms with Crippen LogP contribution in [0.4, 0.5) is 4.79 Å². The summed E-state index contributed by atoms with van der Waals surface area (Å²) in [5.41, 5.74) is 9.93. The summed E-state index contributed by atoms with van der Waals surface area (Å²) in [5, 5.41) is 5.28. The van der Waals surface area contributed by atoms with E-state index in [1.807, 2.05) is 5.32 Å². The predicted molar refractivity (Wildman–Crippen MR) is 50.6 cm³/mol. The van der Waals surface area contributed by atoms with Gasteiger partial charge in [0.05, 0.1) is 0 Å². The van der Waals surface area contributed by atoms with Crippen LogP contribution in [-0.2, 0) is 4.79 Å². The maximum absolute atomic E-state index is 10.8. The van der Waals surface area contributed by atoms with E-state index in [1.165, 1.54) is 0 Å². The number of nitrogens with one attached hydrogen (secondary N) is 1.